The molecule has 0 aliphatic carbocycles. The zero-order chi connectivity index (χ0) is 14.4. The molecule has 1 fully saturated rings. The van der Waals surface area contributed by atoms with E-state index in [1.807, 2.05) is 0 Å². The molecule has 1 saturated heterocycles. The summed E-state index contributed by atoms with van der Waals surface area (Å²) >= 11 is 0. The summed E-state index contributed by atoms with van der Waals surface area (Å²) in [5, 5.41) is 8.65. The predicted molar refractivity (Wildman–Crippen MR) is 64.4 cm³/mol. The molecule has 1 amide bonds. The highest BCUT2D eigenvalue weighted by Crippen LogP contribution is 2.13. The Balaban J connectivity index is 2.48. The molecule has 0 bridgehead atoms. The second kappa shape index (κ2) is 7.08. The summed E-state index contributed by atoms with van der Waals surface area (Å²) in [6.45, 7) is 2.56. The maximum absolute atomic E-state index is 12.0. The van der Waals surface area contributed by atoms with E-state index in [0.29, 0.717) is 6.54 Å². The van der Waals surface area contributed by atoms with Crippen LogP contribution in [0.2, 0.25) is 0 Å². The third-order valence-electron chi connectivity index (χ3n) is 2.93. The number of carboxylic acids is 1. The number of nitrogens with zero attached hydrogens (tertiary/aromatic N) is 1. The number of ether oxygens (including phenoxy) is 2. The van der Waals surface area contributed by atoms with Gasteiger partial charge < -0.3 is 19.5 Å². The number of amides is 1. The normalized spacial score (nSPS) is 20.7. The van der Waals surface area contributed by atoms with E-state index in [1.165, 1.54) is 12.0 Å². The SMILES string of the molecule is COC(=O)C1CN(C(=O)CC(C)CC(=O)O)CCO1. The topological polar surface area (TPSA) is 93.1 Å². The number of morpholine rings is 1. The Labute approximate surface area is 111 Å². The van der Waals surface area contributed by atoms with E-state index in [0.717, 1.165) is 0 Å². The molecule has 0 spiro atoms. The van der Waals surface area contributed by atoms with E-state index in [4.69, 9.17) is 9.84 Å². The number of hydrogen-bond acceptors (Lipinski definition) is 5. The maximum atomic E-state index is 12.0. The number of methoxy groups -OCH3 is 1. The van der Waals surface area contributed by atoms with E-state index in [2.05, 4.69) is 4.74 Å². The van der Waals surface area contributed by atoms with Crippen LogP contribution in [0.5, 0.6) is 0 Å². The largest absolute Gasteiger partial charge is 0.481 e. The van der Waals surface area contributed by atoms with Gasteiger partial charge in [-0.1, -0.05) is 6.92 Å². The summed E-state index contributed by atoms with van der Waals surface area (Å²) in [4.78, 5) is 35.4. The Morgan fingerprint density at radius 2 is 2.11 bits per heavy atom. The molecule has 1 aliphatic rings. The molecule has 7 nitrogen and oxygen atoms in total. The van der Waals surface area contributed by atoms with Gasteiger partial charge in [0.05, 0.1) is 20.3 Å². The highest BCUT2D eigenvalue weighted by Gasteiger charge is 2.30. The summed E-state index contributed by atoms with van der Waals surface area (Å²) in [6.07, 6.45) is -0.644. The van der Waals surface area contributed by atoms with Crippen molar-refractivity contribution in [2.45, 2.75) is 25.9 Å². The molecular formula is C12H19NO6. The molecule has 1 rings (SSSR count). The number of rotatable bonds is 5. The molecule has 1 heterocycles. The molecule has 1 aliphatic heterocycles. The van der Waals surface area contributed by atoms with Crippen molar-refractivity contribution in [1.82, 2.24) is 4.90 Å². The first kappa shape index (κ1) is 15.4. The highest BCUT2D eigenvalue weighted by molar-refractivity contribution is 5.80. The highest BCUT2D eigenvalue weighted by atomic mass is 16.6. The second-order valence-electron chi connectivity index (χ2n) is 4.63. The maximum Gasteiger partial charge on any atom is 0.336 e. The average Bonchev–Trinajstić information content (AvgIpc) is 2.36. The molecule has 19 heavy (non-hydrogen) atoms. The molecule has 2 unspecified atom stereocenters. The summed E-state index contributed by atoms with van der Waals surface area (Å²) in [7, 11) is 1.27. The summed E-state index contributed by atoms with van der Waals surface area (Å²) < 4.78 is 9.79. The van der Waals surface area contributed by atoms with Gasteiger partial charge in [0.2, 0.25) is 5.91 Å². The van der Waals surface area contributed by atoms with Crippen molar-refractivity contribution in [2.75, 3.05) is 26.8 Å². The van der Waals surface area contributed by atoms with Crippen LogP contribution < -0.4 is 0 Å². The smallest absolute Gasteiger partial charge is 0.336 e. The first-order valence-corrected chi connectivity index (χ1v) is 6.13. The molecular weight excluding hydrogens is 254 g/mol. The Morgan fingerprint density at radius 3 is 2.68 bits per heavy atom. The van der Waals surface area contributed by atoms with Crippen molar-refractivity contribution in [3.05, 3.63) is 0 Å². The van der Waals surface area contributed by atoms with Crippen LogP contribution in [0.4, 0.5) is 0 Å². The number of aliphatic carboxylic acids is 1. The number of esters is 1. The Bertz CT molecular complexity index is 356. The van der Waals surface area contributed by atoms with E-state index < -0.39 is 18.0 Å². The summed E-state index contributed by atoms with van der Waals surface area (Å²) in [6, 6.07) is 0. The van der Waals surface area contributed by atoms with Crippen LogP contribution in [0.25, 0.3) is 0 Å². The third-order valence-corrected chi connectivity index (χ3v) is 2.93. The molecule has 1 N–H and O–H groups in total. The van der Waals surface area contributed by atoms with Gasteiger partial charge in [-0.05, 0) is 5.92 Å². The quantitative estimate of drug-likeness (QED) is 0.702. The molecule has 0 aromatic heterocycles. The Morgan fingerprint density at radius 1 is 1.42 bits per heavy atom. The summed E-state index contributed by atoms with van der Waals surface area (Å²) in [5.41, 5.74) is 0. The van der Waals surface area contributed by atoms with Gasteiger partial charge in [-0.15, -0.1) is 0 Å². The number of carbonyl (C=O) groups excluding carboxylic acids is 2. The standard InChI is InChI=1S/C12H19NO6/c1-8(6-11(15)16)5-10(14)13-3-4-19-9(7-13)12(17)18-2/h8-9H,3-7H2,1-2H3,(H,15,16). The second-order valence-corrected chi connectivity index (χ2v) is 4.63. The van der Waals surface area contributed by atoms with E-state index >= 15 is 0 Å². The van der Waals surface area contributed by atoms with Gasteiger partial charge in [0.15, 0.2) is 6.10 Å². The number of hydrogen-bond donors (Lipinski definition) is 1. The minimum atomic E-state index is -0.922. The van der Waals surface area contributed by atoms with Gasteiger partial charge in [0.1, 0.15) is 0 Å². The van der Waals surface area contributed by atoms with E-state index in [-0.39, 0.29) is 37.8 Å². The average molecular weight is 273 g/mol. The fraction of sp³-hybridized carbons (Fsp3) is 0.750. The lowest BCUT2D eigenvalue weighted by Gasteiger charge is -2.32. The van der Waals surface area contributed by atoms with Crippen LogP contribution in [0.3, 0.4) is 0 Å². The first-order valence-electron chi connectivity index (χ1n) is 6.13. The zero-order valence-corrected chi connectivity index (χ0v) is 11.1. The molecule has 7 heteroatoms. The molecule has 0 aromatic carbocycles. The van der Waals surface area contributed by atoms with Crippen molar-refractivity contribution >= 4 is 17.8 Å². The Hall–Kier alpha value is -1.63. The zero-order valence-electron chi connectivity index (χ0n) is 11.1. The van der Waals surface area contributed by atoms with E-state index in [9.17, 15) is 14.4 Å². The van der Waals surface area contributed by atoms with E-state index in [1.54, 1.807) is 6.92 Å². The van der Waals surface area contributed by atoms with Crippen molar-refractivity contribution in [2.24, 2.45) is 5.92 Å². The lowest BCUT2D eigenvalue weighted by Crippen LogP contribution is -2.49. The molecule has 2 atom stereocenters. The minimum Gasteiger partial charge on any atom is -0.481 e. The van der Waals surface area contributed by atoms with Crippen LogP contribution in [-0.2, 0) is 23.9 Å². The lowest BCUT2D eigenvalue weighted by molar-refractivity contribution is -0.162. The van der Waals surface area contributed by atoms with Gasteiger partial charge in [-0.3, -0.25) is 9.59 Å². The van der Waals surface area contributed by atoms with Gasteiger partial charge in [-0.2, -0.15) is 0 Å². The van der Waals surface area contributed by atoms with Crippen LogP contribution in [-0.4, -0.2) is 60.8 Å². The van der Waals surface area contributed by atoms with Gasteiger partial charge >= 0.3 is 11.9 Å². The van der Waals surface area contributed by atoms with Crippen LogP contribution in [0, 0.1) is 5.92 Å². The fourth-order valence-electron chi connectivity index (χ4n) is 1.95. The molecule has 0 aromatic rings. The third kappa shape index (κ3) is 4.86. The monoisotopic (exact) mass is 273 g/mol. The lowest BCUT2D eigenvalue weighted by atomic mass is 10.0. The Kier molecular flexibility index (Phi) is 5.75. The van der Waals surface area contributed by atoms with Crippen molar-refractivity contribution < 1.29 is 29.0 Å². The summed E-state index contributed by atoms with van der Waals surface area (Å²) in [5.74, 6) is -1.82. The predicted octanol–water partition coefficient (Wildman–Crippen LogP) is -0.112. The molecule has 0 saturated carbocycles. The first-order chi connectivity index (χ1) is 8.93. The van der Waals surface area contributed by atoms with Crippen LogP contribution >= 0.6 is 0 Å². The fourth-order valence-corrected chi connectivity index (χ4v) is 1.95. The van der Waals surface area contributed by atoms with Crippen LogP contribution in [0.1, 0.15) is 19.8 Å². The number of carbonyl (C=O) groups is 3. The van der Waals surface area contributed by atoms with Crippen molar-refractivity contribution in [3.8, 4) is 0 Å². The van der Waals surface area contributed by atoms with Gasteiger partial charge in [-0.25, -0.2) is 4.79 Å². The van der Waals surface area contributed by atoms with Gasteiger partial charge in [0, 0.05) is 19.4 Å². The van der Waals surface area contributed by atoms with Crippen molar-refractivity contribution in [1.29, 1.82) is 0 Å². The number of carboxylic acid groups (broad SMARTS) is 1. The molecule has 108 valence electrons. The minimum absolute atomic E-state index is 0.0451. The van der Waals surface area contributed by atoms with Crippen molar-refractivity contribution in [3.63, 3.8) is 0 Å². The van der Waals surface area contributed by atoms with Crippen LogP contribution in [0.15, 0.2) is 0 Å². The molecule has 0 radical (unpaired) electrons. The van der Waals surface area contributed by atoms with Gasteiger partial charge in [0.25, 0.3) is 0 Å².